The molecule has 0 aliphatic carbocycles. The summed E-state index contributed by atoms with van der Waals surface area (Å²) >= 11 is 1.53. The molecular formula is C31H33N5O4S. The molecule has 212 valence electrons. The second-order valence-corrected chi connectivity index (χ2v) is 10.6. The lowest BCUT2D eigenvalue weighted by Crippen LogP contribution is -2.41. The van der Waals surface area contributed by atoms with Crippen molar-refractivity contribution in [3.8, 4) is 17.4 Å². The van der Waals surface area contributed by atoms with Crippen molar-refractivity contribution in [1.29, 1.82) is 5.26 Å². The maximum atomic E-state index is 12.6. The SMILES string of the molecule is CCCN(Cc1cncn1Cc1ccc(C#N)cc1)c1ccc(-c2ccc(C(=O)NC(CCSC)C(=O)O)o2)cc1. The molecule has 4 aromatic rings. The summed E-state index contributed by atoms with van der Waals surface area (Å²) in [5.41, 5.74) is 4.67. The molecule has 0 radical (unpaired) electrons. The summed E-state index contributed by atoms with van der Waals surface area (Å²) in [7, 11) is 0. The standard InChI is InChI=1S/C31H33N5O4S/c1-3-15-35(20-26-18-33-21-36(26)19-23-6-4-22(17-32)5-7-23)25-10-8-24(9-11-25)28-12-13-29(40-28)30(37)34-27(31(38)39)14-16-41-2/h4-13,18,21,27H,3,14-16,19-20H2,1-2H3,(H,34,37)(H,38,39). The summed E-state index contributed by atoms with van der Waals surface area (Å²) in [6, 6.07) is 20.0. The second-order valence-electron chi connectivity index (χ2n) is 9.60. The number of carboxylic acid groups (broad SMARTS) is 1. The van der Waals surface area contributed by atoms with Crippen LogP contribution in [-0.2, 0) is 17.9 Å². The van der Waals surface area contributed by atoms with Gasteiger partial charge < -0.3 is 24.3 Å². The molecule has 0 spiro atoms. The second kappa shape index (κ2) is 14.2. The fourth-order valence-electron chi connectivity index (χ4n) is 4.44. The van der Waals surface area contributed by atoms with Gasteiger partial charge >= 0.3 is 5.97 Å². The van der Waals surface area contributed by atoms with Gasteiger partial charge in [-0.1, -0.05) is 19.1 Å². The van der Waals surface area contributed by atoms with Gasteiger partial charge in [-0.15, -0.1) is 0 Å². The van der Waals surface area contributed by atoms with Crippen LogP contribution < -0.4 is 10.2 Å². The summed E-state index contributed by atoms with van der Waals surface area (Å²) in [6.45, 7) is 4.34. The molecule has 4 rings (SSSR count). The Hall–Kier alpha value is -4.49. The van der Waals surface area contributed by atoms with E-state index in [0.29, 0.717) is 36.6 Å². The third-order valence-electron chi connectivity index (χ3n) is 6.64. The van der Waals surface area contributed by atoms with E-state index in [1.165, 1.54) is 11.8 Å². The van der Waals surface area contributed by atoms with Crippen molar-refractivity contribution in [3.05, 3.63) is 95.8 Å². The molecule has 2 heterocycles. The van der Waals surface area contributed by atoms with Crippen molar-refractivity contribution in [2.24, 2.45) is 0 Å². The Morgan fingerprint density at radius 2 is 1.90 bits per heavy atom. The number of imidazole rings is 1. The van der Waals surface area contributed by atoms with Gasteiger partial charge in [-0.2, -0.15) is 17.0 Å². The fourth-order valence-corrected chi connectivity index (χ4v) is 4.91. The first-order valence-corrected chi connectivity index (χ1v) is 14.8. The highest BCUT2D eigenvalue weighted by molar-refractivity contribution is 7.98. The van der Waals surface area contributed by atoms with E-state index in [9.17, 15) is 14.7 Å². The number of anilines is 1. The highest BCUT2D eigenvalue weighted by atomic mass is 32.2. The van der Waals surface area contributed by atoms with Crippen LogP contribution in [0.15, 0.2) is 77.6 Å². The van der Waals surface area contributed by atoms with E-state index < -0.39 is 17.9 Å². The molecule has 2 aromatic heterocycles. The number of furan rings is 1. The highest BCUT2D eigenvalue weighted by Crippen LogP contribution is 2.26. The molecule has 0 saturated heterocycles. The Labute approximate surface area is 243 Å². The van der Waals surface area contributed by atoms with E-state index in [4.69, 9.17) is 9.68 Å². The van der Waals surface area contributed by atoms with Crippen LogP contribution in [0.4, 0.5) is 5.69 Å². The number of hydrogen-bond donors (Lipinski definition) is 2. The monoisotopic (exact) mass is 571 g/mol. The lowest BCUT2D eigenvalue weighted by Gasteiger charge is -2.25. The Morgan fingerprint density at radius 1 is 1.15 bits per heavy atom. The Bertz CT molecular complexity index is 1490. The molecule has 0 bridgehead atoms. The highest BCUT2D eigenvalue weighted by Gasteiger charge is 2.22. The van der Waals surface area contributed by atoms with Crippen molar-refractivity contribution < 1.29 is 19.1 Å². The van der Waals surface area contributed by atoms with Gasteiger partial charge in [-0.25, -0.2) is 9.78 Å². The number of amides is 1. The van der Waals surface area contributed by atoms with Crippen LogP contribution in [0.2, 0.25) is 0 Å². The zero-order chi connectivity index (χ0) is 29.2. The van der Waals surface area contributed by atoms with Crippen LogP contribution >= 0.6 is 11.8 Å². The van der Waals surface area contributed by atoms with Crippen molar-refractivity contribution in [3.63, 3.8) is 0 Å². The zero-order valence-electron chi connectivity index (χ0n) is 23.1. The van der Waals surface area contributed by atoms with Gasteiger partial charge in [0.25, 0.3) is 5.91 Å². The van der Waals surface area contributed by atoms with E-state index >= 15 is 0 Å². The average Bonchev–Trinajstić information content (AvgIpc) is 3.65. The number of aliphatic carboxylic acids is 1. The summed E-state index contributed by atoms with van der Waals surface area (Å²) < 4.78 is 7.90. The molecule has 2 aromatic carbocycles. The van der Waals surface area contributed by atoms with E-state index in [0.717, 1.165) is 35.5 Å². The summed E-state index contributed by atoms with van der Waals surface area (Å²) in [6.07, 6.45) is 6.90. The van der Waals surface area contributed by atoms with Gasteiger partial charge in [0.1, 0.15) is 11.8 Å². The number of carboxylic acids is 1. The smallest absolute Gasteiger partial charge is 0.326 e. The molecule has 0 saturated carbocycles. The molecule has 41 heavy (non-hydrogen) atoms. The van der Waals surface area contributed by atoms with Gasteiger partial charge in [0.15, 0.2) is 5.76 Å². The summed E-state index contributed by atoms with van der Waals surface area (Å²) in [4.78, 5) is 30.8. The van der Waals surface area contributed by atoms with Crippen molar-refractivity contribution >= 4 is 29.3 Å². The van der Waals surface area contributed by atoms with E-state index in [2.05, 4.69) is 32.8 Å². The van der Waals surface area contributed by atoms with E-state index in [-0.39, 0.29) is 5.76 Å². The van der Waals surface area contributed by atoms with Crippen LogP contribution in [0.25, 0.3) is 11.3 Å². The van der Waals surface area contributed by atoms with Gasteiger partial charge in [-0.3, -0.25) is 4.79 Å². The lowest BCUT2D eigenvalue weighted by molar-refractivity contribution is -0.139. The first kappa shape index (κ1) is 29.5. The number of nitriles is 1. The first-order valence-electron chi connectivity index (χ1n) is 13.4. The van der Waals surface area contributed by atoms with Gasteiger partial charge in [0, 0.05) is 30.5 Å². The predicted octanol–water partition coefficient (Wildman–Crippen LogP) is 5.42. The maximum Gasteiger partial charge on any atom is 0.326 e. The van der Waals surface area contributed by atoms with Crippen molar-refractivity contribution in [1.82, 2.24) is 14.9 Å². The molecule has 1 unspecified atom stereocenters. The number of aromatic nitrogens is 2. The molecule has 0 fully saturated rings. The topological polar surface area (TPSA) is 124 Å². The minimum Gasteiger partial charge on any atom is -0.480 e. The number of nitrogens with one attached hydrogen (secondary N) is 1. The number of hydrogen-bond acceptors (Lipinski definition) is 7. The van der Waals surface area contributed by atoms with Crippen LogP contribution in [0.1, 0.15) is 47.1 Å². The quantitative estimate of drug-likeness (QED) is 0.206. The number of thioether (sulfide) groups is 1. The number of carbonyl (C=O) groups excluding carboxylic acids is 1. The van der Waals surface area contributed by atoms with Gasteiger partial charge in [0.2, 0.25) is 0 Å². The number of nitrogens with zero attached hydrogens (tertiary/aromatic N) is 4. The molecular weight excluding hydrogens is 538 g/mol. The fraction of sp³-hybridized carbons (Fsp3) is 0.290. The molecule has 0 aliphatic rings. The predicted molar refractivity (Wildman–Crippen MR) is 160 cm³/mol. The van der Waals surface area contributed by atoms with Crippen LogP contribution in [-0.4, -0.2) is 51.1 Å². The van der Waals surface area contributed by atoms with Gasteiger partial charge in [0.05, 0.1) is 30.2 Å². The third-order valence-corrected chi connectivity index (χ3v) is 7.29. The van der Waals surface area contributed by atoms with E-state index in [1.807, 2.05) is 67.3 Å². The largest absolute Gasteiger partial charge is 0.480 e. The molecule has 1 amide bonds. The summed E-state index contributed by atoms with van der Waals surface area (Å²) in [5.74, 6) is -0.388. The minimum absolute atomic E-state index is 0.0719. The maximum absolute atomic E-state index is 12.6. The number of carbonyl (C=O) groups is 2. The molecule has 9 nitrogen and oxygen atoms in total. The Kier molecular flexibility index (Phi) is 10.2. The molecule has 1 atom stereocenters. The molecule has 2 N–H and O–H groups in total. The minimum atomic E-state index is -1.07. The zero-order valence-corrected chi connectivity index (χ0v) is 23.9. The van der Waals surface area contributed by atoms with Crippen LogP contribution in [0.5, 0.6) is 0 Å². The summed E-state index contributed by atoms with van der Waals surface area (Å²) in [5, 5.41) is 21.0. The number of rotatable bonds is 14. The normalized spacial score (nSPS) is 11.5. The van der Waals surface area contributed by atoms with Gasteiger partial charge in [-0.05, 0) is 78.9 Å². The number of benzene rings is 2. The van der Waals surface area contributed by atoms with Crippen LogP contribution in [0.3, 0.4) is 0 Å². The first-order chi connectivity index (χ1) is 19.9. The molecule has 10 heteroatoms. The lowest BCUT2D eigenvalue weighted by atomic mass is 10.1. The Balaban J connectivity index is 1.44. The van der Waals surface area contributed by atoms with Crippen LogP contribution in [0, 0.1) is 11.3 Å². The van der Waals surface area contributed by atoms with Crippen molar-refractivity contribution in [2.45, 2.75) is 38.9 Å². The van der Waals surface area contributed by atoms with Crippen molar-refractivity contribution in [2.75, 3.05) is 23.5 Å². The third kappa shape index (κ3) is 7.80. The average molecular weight is 572 g/mol. The molecule has 0 aliphatic heterocycles. The van der Waals surface area contributed by atoms with E-state index in [1.54, 1.807) is 12.1 Å². The Morgan fingerprint density at radius 3 is 2.56 bits per heavy atom.